The van der Waals surface area contributed by atoms with E-state index in [0.29, 0.717) is 48.9 Å². The molecule has 0 aromatic heterocycles. The Kier molecular flexibility index (Phi) is 10.7. The van der Waals surface area contributed by atoms with Gasteiger partial charge in [-0.05, 0) is 86.1 Å². The third-order valence-corrected chi connectivity index (χ3v) is 8.90. The number of carbonyl (C=O) groups is 3. The minimum atomic E-state index is -5.03. The molecule has 7 nitrogen and oxygen atoms in total. The van der Waals surface area contributed by atoms with Crippen LogP contribution in [0.4, 0.5) is 30.7 Å². The molecule has 0 spiro atoms. The number of carbonyl (C=O) groups excluding carboxylic acids is 3. The maximum absolute atomic E-state index is 14.0. The van der Waals surface area contributed by atoms with Crippen LogP contribution in [0.3, 0.4) is 0 Å². The minimum absolute atomic E-state index is 0.0308. The minimum Gasteiger partial charge on any atom is -0.387 e. The van der Waals surface area contributed by atoms with Crippen LogP contribution in [-0.2, 0) is 33.3 Å². The van der Waals surface area contributed by atoms with E-state index in [4.69, 9.17) is 5.11 Å². The Balaban J connectivity index is 1.54. The van der Waals surface area contributed by atoms with Crippen molar-refractivity contribution in [3.63, 3.8) is 0 Å². The molecule has 2 N–H and O–H groups in total. The molecule has 1 saturated heterocycles. The molecule has 1 aliphatic carbocycles. The summed E-state index contributed by atoms with van der Waals surface area (Å²) in [6.45, 7) is 0.825. The number of halogens is 7. The number of piperidine rings is 1. The summed E-state index contributed by atoms with van der Waals surface area (Å²) in [7, 11) is 1.30. The van der Waals surface area contributed by atoms with E-state index >= 15 is 0 Å². The van der Waals surface area contributed by atoms with Gasteiger partial charge in [0.1, 0.15) is 12.4 Å². The summed E-state index contributed by atoms with van der Waals surface area (Å²) in [6, 6.07) is 5.12. The lowest BCUT2D eigenvalue weighted by molar-refractivity contribution is -0.144. The highest BCUT2D eigenvalue weighted by Gasteiger charge is 2.41. The van der Waals surface area contributed by atoms with Gasteiger partial charge in [-0.3, -0.25) is 14.4 Å². The smallest absolute Gasteiger partial charge is 0.387 e. The summed E-state index contributed by atoms with van der Waals surface area (Å²) in [5, 5.41) is 11.7. The third-order valence-electron chi connectivity index (χ3n) is 8.90. The summed E-state index contributed by atoms with van der Waals surface area (Å²) in [5.74, 6) is -3.35. The van der Waals surface area contributed by atoms with Crippen LogP contribution in [0.2, 0.25) is 0 Å². The van der Waals surface area contributed by atoms with Gasteiger partial charge in [-0.25, -0.2) is 4.39 Å². The SMILES string of the molecule is Cc1cc(F)ccc1C1CN(C(=O)C2CCC(NC(=O)CO)CC2)CCC1C(=O)N(C)Cc1cc(C(F)(F)F)cc(C(F)(F)F)c1. The molecule has 1 aliphatic heterocycles. The standard InChI is InChI=1S/C32H36F7N3O4/c1-18-11-23(33)5-8-25(18)27-16-42(29(45)20-3-6-24(7-4-20)40-28(44)17-43)10-9-26(27)30(46)41(2)15-19-12-21(31(34,35)36)14-22(13-19)32(37,38)39/h5,8,11-14,20,24,26-27,43H,3-4,6-7,9-10,15-17H2,1-2H3,(H,40,44). The molecule has 1 saturated carbocycles. The molecule has 2 aromatic carbocycles. The number of aliphatic hydroxyl groups excluding tert-OH is 1. The van der Waals surface area contributed by atoms with Crippen molar-refractivity contribution in [2.24, 2.45) is 11.8 Å². The number of amides is 3. The van der Waals surface area contributed by atoms with E-state index in [1.807, 2.05) is 0 Å². The van der Waals surface area contributed by atoms with Crippen LogP contribution in [0, 0.1) is 24.6 Å². The zero-order valence-corrected chi connectivity index (χ0v) is 25.3. The fourth-order valence-electron chi connectivity index (χ4n) is 6.58. The molecule has 1 heterocycles. The normalized spacial score (nSPS) is 22.3. The first-order chi connectivity index (χ1) is 21.5. The van der Waals surface area contributed by atoms with Crippen LogP contribution in [0.5, 0.6) is 0 Å². The molecule has 4 rings (SSSR count). The Hall–Kier alpha value is -3.68. The summed E-state index contributed by atoms with van der Waals surface area (Å²) in [5.41, 5.74) is -2.15. The molecule has 14 heteroatoms. The molecule has 2 aliphatic rings. The molecule has 2 unspecified atom stereocenters. The number of benzene rings is 2. The Bertz CT molecular complexity index is 1410. The number of alkyl halides is 6. The molecule has 2 aromatic rings. The van der Waals surface area contributed by atoms with E-state index in [1.54, 1.807) is 11.8 Å². The molecular formula is C32H36F7N3O4. The van der Waals surface area contributed by atoms with Gasteiger partial charge in [0.05, 0.1) is 11.1 Å². The van der Waals surface area contributed by atoms with Crippen molar-refractivity contribution in [2.45, 2.75) is 69.9 Å². The van der Waals surface area contributed by atoms with Gasteiger partial charge >= 0.3 is 12.4 Å². The summed E-state index contributed by atoms with van der Waals surface area (Å²) < 4.78 is 94.5. The average Bonchev–Trinajstić information content (AvgIpc) is 2.99. The van der Waals surface area contributed by atoms with Crippen molar-refractivity contribution in [3.05, 3.63) is 70.0 Å². The highest BCUT2D eigenvalue weighted by Crippen LogP contribution is 2.39. The number of hydrogen-bond donors (Lipinski definition) is 2. The van der Waals surface area contributed by atoms with Crippen LogP contribution in [0.25, 0.3) is 0 Å². The highest BCUT2D eigenvalue weighted by molar-refractivity contribution is 5.82. The first-order valence-electron chi connectivity index (χ1n) is 15.0. The Labute approximate surface area is 261 Å². The molecule has 2 atom stereocenters. The topological polar surface area (TPSA) is 90.0 Å². The Morgan fingerprint density at radius 2 is 1.54 bits per heavy atom. The van der Waals surface area contributed by atoms with Gasteiger partial charge in [0, 0.05) is 50.5 Å². The van der Waals surface area contributed by atoms with E-state index in [1.165, 1.54) is 25.2 Å². The fraction of sp³-hybridized carbons (Fsp3) is 0.531. The van der Waals surface area contributed by atoms with Crippen molar-refractivity contribution >= 4 is 17.7 Å². The monoisotopic (exact) mass is 659 g/mol. The van der Waals surface area contributed by atoms with E-state index in [2.05, 4.69) is 5.32 Å². The quantitative estimate of drug-likeness (QED) is 0.388. The van der Waals surface area contributed by atoms with E-state index in [9.17, 15) is 45.1 Å². The second-order valence-corrected chi connectivity index (χ2v) is 12.2. The van der Waals surface area contributed by atoms with Crippen LogP contribution in [0.1, 0.15) is 65.8 Å². The maximum atomic E-state index is 14.0. The van der Waals surface area contributed by atoms with Crippen molar-refractivity contribution < 1.29 is 50.2 Å². The van der Waals surface area contributed by atoms with Crippen molar-refractivity contribution in [1.82, 2.24) is 15.1 Å². The number of rotatable bonds is 7. The van der Waals surface area contributed by atoms with Gasteiger partial charge in [-0.1, -0.05) is 6.07 Å². The van der Waals surface area contributed by atoms with E-state index in [-0.39, 0.29) is 49.0 Å². The third kappa shape index (κ3) is 8.37. The first-order valence-corrected chi connectivity index (χ1v) is 15.0. The Morgan fingerprint density at radius 3 is 2.09 bits per heavy atom. The molecule has 2 fully saturated rings. The number of nitrogens with one attached hydrogen (secondary N) is 1. The lowest BCUT2D eigenvalue weighted by Gasteiger charge is -2.42. The summed E-state index contributed by atoms with van der Waals surface area (Å²) in [4.78, 5) is 41.7. The second kappa shape index (κ2) is 14.0. The predicted octanol–water partition coefficient (Wildman–Crippen LogP) is 5.43. The van der Waals surface area contributed by atoms with E-state index in [0.717, 1.165) is 4.90 Å². The molecule has 46 heavy (non-hydrogen) atoms. The Morgan fingerprint density at radius 1 is 0.935 bits per heavy atom. The van der Waals surface area contributed by atoms with Gasteiger partial charge in [-0.15, -0.1) is 0 Å². The maximum Gasteiger partial charge on any atom is 0.416 e. The van der Waals surface area contributed by atoms with Gasteiger partial charge < -0.3 is 20.2 Å². The van der Waals surface area contributed by atoms with Crippen LogP contribution >= 0.6 is 0 Å². The largest absolute Gasteiger partial charge is 0.416 e. The fourth-order valence-corrected chi connectivity index (χ4v) is 6.58. The van der Waals surface area contributed by atoms with Gasteiger partial charge in [0.25, 0.3) is 0 Å². The zero-order valence-electron chi connectivity index (χ0n) is 25.3. The average molecular weight is 660 g/mol. The molecule has 0 radical (unpaired) electrons. The van der Waals surface area contributed by atoms with Crippen LogP contribution in [0.15, 0.2) is 36.4 Å². The van der Waals surface area contributed by atoms with Crippen molar-refractivity contribution in [2.75, 3.05) is 26.7 Å². The van der Waals surface area contributed by atoms with Gasteiger partial charge in [-0.2, -0.15) is 26.3 Å². The number of hydrogen-bond acceptors (Lipinski definition) is 4. The van der Waals surface area contributed by atoms with Gasteiger partial charge in [0.15, 0.2) is 0 Å². The summed E-state index contributed by atoms with van der Waals surface area (Å²) >= 11 is 0. The number of aryl methyl sites for hydroxylation is 1. The van der Waals surface area contributed by atoms with Crippen molar-refractivity contribution in [1.29, 1.82) is 0 Å². The zero-order chi connectivity index (χ0) is 34.0. The van der Waals surface area contributed by atoms with Crippen LogP contribution < -0.4 is 5.32 Å². The molecular weight excluding hydrogens is 623 g/mol. The van der Waals surface area contributed by atoms with Gasteiger partial charge in [0.2, 0.25) is 17.7 Å². The number of likely N-dealkylation sites (tertiary alicyclic amines) is 1. The molecule has 0 bridgehead atoms. The van der Waals surface area contributed by atoms with Crippen LogP contribution in [-0.4, -0.2) is 65.4 Å². The second-order valence-electron chi connectivity index (χ2n) is 12.2. The molecule has 252 valence electrons. The summed E-state index contributed by atoms with van der Waals surface area (Å²) in [6.07, 6.45) is -7.77. The predicted molar refractivity (Wildman–Crippen MR) is 152 cm³/mol. The molecule has 3 amide bonds. The lowest BCUT2D eigenvalue weighted by Crippen LogP contribution is -2.50. The van der Waals surface area contributed by atoms with E-state index < -0.39 is 66.1 Å². The highest BCUT2D eigenvalue weighted by atomic mass is 19.4. The first kappa shape index (κ1) is 35.2. The number of nitrogens with zero attached hydrogens (tertiary/aromatic N) is 2. The lowest BCUT2D eigenvalue weighted by atomic mass is 9.77. The number of aliphatic hydroxyl groups is 1. The van der Waals surface area contributed by atoms with Crippen molar-refractivity contribution in [3.8, 4) is 0 Å².